The van der Waals surface area contributed by atoms with Gasteiger partial charge >= 0.3 is 6.03 Å². The van der Waals surface area contributed by atoms with Gasteiger partial charge in [0.15, 0.2) is 11.5 Å². The molecule has 5 rings (SSSR count). The van der Waals surface area contributed by atoms with Crippen molar-refractivity contribution in [1.82, 2.24) is 10.3 Å². The molecule has 3 heterocycles. The summed E-state index contributed by atoms with van der Waals surface area (Å²) in [6.07, 6.45) is 0.659. The molecular weight excluding hydrogens is 408 g/mol. The molecule has 3 aliphatic rings. The Morgan fingerprint density at radius 2 is 1.78 bits per heavy atom. The third-order valence-corrected chi connectivity index (χ3v) is 6.50. The molecule has 3 aliphatic heterocycles. The van der Waals surface area contributed by atoms with Crippen LogP contribution in [0.3, 0.4) is 0 Å². The number of nitrogens with one attached hydrogen (secondary N) is 1. The monoisotopic (exact) mass is 436 g/mol. The molecule has 0 saturated carbocycles. The van der Waals surface area contributed by atoms with Crippen molar-refractivity contribution >= 4 is 17.4 Å². The van der Waals surface area contributed by atoms with Crippen LogP contribution in [0.25, 0.3) is 0 Å². The van der Waals surface area contributed by atoms with Crippen LogP contribution in [-0.4, -0.2) is 70.9 Å². The maximum Gasteiger partial charge on any atom is 0.337 e. The van der Waals surface area contributed by atoms with E-state index in [1.807, 2.05) is 12.1 Å². The van der Waals surface area contributed by atoms with Crippen LogP contribution >= 0.6 is 0 Å². The van der Waals surface area contributed by atoms with Crippen molar-refractivity contribution in [3.63, 3.8) is 0 Å². The van der Waals surface area contributed by atoms with Crippen molar-refractivity contribution in [3.8, 4) is 11.5 Å². The molecule has 2 fully saturated rings. The molecule has 0 radical (unpaired) electrons. The van der Waals surface area contributed by atoms with E-state index < -0.39 is 0 Å². The number of urea groups is 1. The number of fused-ring (bicyclic) bond motifs is 1. The van der Waals surface area contributed by atoms with E-state index in [1.165, 1.54) is 10.7 Å². The van der Waals surface area contributed by atoms with Gasteiger partial charge in [-0.25, -0.2) is 9.80 Å². The second-order valence-corrected chi connectivity index (χ2v) is 8.64. The zero-order valence-corrected chi connectivity index (χ0v) is 18.7. The molecule has 32 heavy (non-hydrogen) atoms. The first-order valence-corrected chi connectivity index (χ1v) is 10.8. The summed E-state index contributed by atoms with van der Waals surface area (Å²) in [7, 11) is 4.86. The summed E-state index contributed by atoms with van der Waals surface area (Å²) >= 11 is 0. The van der Waals surface area contributed by atoms with Gasteiger partial charge in [0.25, 0.3) is 0 Å². The van der Waals surface area contributed by atoms with Crippen molar-refractivity contribution < 1.29 is 19.0 Å². The second kappa shape index (κ2) is 8.02. The molecule has 0 aliphatic carbocycles. The van der Waals surface area contributed by atoms with Gasteiger partial charge in [-0.15, -0.1) is 0 Å². The average molecular weight is 437 g/mol. The van der Waals surface area contributed by atoms with Gasteiger partial charge in [0.05, 0.1) is 45.1 Å². The summed E-state index contributed by atoms with van der Waals surface area (Å²) in [6, 6.07) is 12.1. The highest BCUT2D eigenvalue weighted by molar-refractivity contribution is 6.14. The number of rotatable bonds is 4. The van der Waals surface area contributed by atoms with E-state index in [4.69, 9.17) is 19.3 Å². The zero-order chi connectivity index (χ0) is 22.3. The minimum atomic E-state index is -0.237. The number of anilines is 1. The van der Waals surface area contributed by atoms with E-state index in [1.54, 1.807) is 21.3 Å². The number of amides is 2. The smallest absolute Gasteiger partial charge is 0.337 e. The number of ether oxygens (including phenoxy) is 3. The van der Waals surface area contributed by atoms with Crippen molar-refractivity contribution in [2.24, 2.45) is 10.5 Å². The number of hydrazone groups is 1. The summed E-state index contributed by atoms with van der Waals surface area (Å²) in [6.45, 7) is 4.29. The standard InChI is InChI=1S/C24H28N4O4/c1-25-23(29)28-9-8-17-10-20(30-2)21(31-3)11-19(17)22(26-28)16-4-6-18(7-5-16)27-12-24(13-27)14-32-15-24/h4-7,10-11H,8-9,12-15H2,1-3H3,(H,25,29). The Labute approximate surface area is 187 Å². The Bertz CT molecular complexity index is 1050. The predicted octanol–water partition coefficient (Wildman–Crippen LogP) is 2.49. The molecule has 8 nitrogen and oxygen atoms in total. The summed E-state index contributed by atoms with van der Waals surface area (Å²) in [5, 5.41) is 8.92. The summed E-state index contributed by atoms with van der Waals surface area (Å²) < 4.78 is 16.4. The molecule has 0 unspecified atom stereocenters. The van der Waals surface area contributed by atoms with E-state index in [9.17, 15) is 4.79 Å². The van der Waals surface area contributed by atoms with Crippen LogP contribution in [0.5, 0.6) is 11.5 Å². The number of hydrogen-bond acceptors (Lipinski definition) is 6. The van der Waals surface area contributed by atoms with Gasteiger partial charge < -0.3 is 24.4 Å². The summed E-state index contributed by atoms with van der Waals surface area (Å²) in [5.74, 6) is 1.30. The van der Waals surface area contributed by atoms with Crippen molar-refractivity contribution in [1.29, 1.82) is 0 Å². The van der Waals surface area contributed by atoms with Gasteiger partial charge in [-0.1, -0.05) is 12.1 Å². The van der Waals surface area contributed by atoms with Crippen molar-refractivity contribution in [2.75, 3.05) is 59.0 Å². The normalized spacial score (nSPS) is 18.7. The summed E-state index contributed by atoms with van der Waals surface area (Å²) in [4.78, 5) is 14.8. The topological polar surface area (TPSA) is 75.6 Å². The largest absolute Gasteiger partial charge is 0.493 e. The third-order valence-electron chi connectivity index (χ3n) is 6.50. The number of hydrogen-bond donors (Lipinski definition) is 1. The van der Waals surface area contributed by atoms with E-state index in [2.05, 4.69) is 34.5 Å². The molecule has 1 N–H and O–H groups in total. The van der Waals surface area contributed by atoms with Crippen LogP contribution < -0.4 is 19.7 Å². The molecule has 0 aromatic heterocycles. The average Bonchev–Trinajstić information content (AvgIpc) is 2.95. The van der Waals surface area contributed by atoms with Crippen molar-refractivity contribution in [3.05, 3.63) is 53.1 Å². The van der Waals surface area contributed by atoms with E-state index in [0.717, 1.165) is 48.7 Å². The Kier molecular flexibility index (Phi) is 5.17. The SMILES string of the molecule is CNC(=O)N1CCc2cc(OC)c(OC)cc2C(c2ccc(N3CC4(COC4)C3)cc2)=N1. The molecule has 0 bridgehead atoms. The lowest BCUT2D eigenvalue weighted by molar-refractivity contribution is -0.127. The fourth-order valence-corrected chi connectivity index (χ4v) is 4.64. The predicted molar refractivity (Wildman–Crippen MR) is 122 cm³/mol. The van der Waals surface area contributed by atoms with Crippen molar-refractivity contribution in [2.45, 2.75) is 6.42 Å². The van der Waals surface area contributed by atoms with Gasteiger partial charge in [0, 0.05) is 37.0 Å². The number of carbonyl (C=O) groups is 1. The lowest BCUT2D eigenvalue weighted by Gasteiger charge is -2.56. The molecule has 2 saturated heterocycles. The first-order valence-electron chi connectivity index (χ1n) is 10.8. The second-order valence-electron chi connectivity index (χ2n) is 8.64. The van der Waals surface area contributed by atoms with Gasteiger partial charge in [-0.05, 0) is 36.2 Å². The highest BCUT2D eigenvalue weighted by Crippen LogP contribution is 2.40. The first kappa shape index (κ1) is 20.6. The number of nitrogens with zero attached hydrogens (tertiary/aromatic N) is 3. The van der Waals surface area contributed by atoms with E-state index in [-0.39, 0.29) is 6.03 Å². The fourth-order valence-electron chi connectivity index (χ4n) is 4.64. The minimum absolute atomic E-state index is 0.237. The highest BCUT2D eigenvalue weighted by Gasteiger charge is 2.49. The fraction of sp³-hybridized carbons (Fsp3) is 0.417. The Morgan fingerprint density at radius 3 is 2.38 bits per heavy atom. The van der Waals surface area contributed by atoms with Crippen LogP contribution in [0.1, 0.15) is 16.7 Å². The van der Waals surface area contributed by atoms with Gasteiger partial charge in [-0.3, -0.25) is 0 Å². The molecular formula is C24H28N4O4. The lowest BCUT2D eigenvalue weighted by Crippen LogP contribution is -2.66. The minimum Gasteiger partial charge on any atom is -0.493 e. The Morgan fingerprint density at radius 1 is 1.09 bits per heavy atom. The lowest BCUT2D eigenvalue weighted by atomic mass is 9.78. The summed E-state index contributed by atoms with van der Waals surface area (Å²) in [5.41, 5.74) is 5.24. The van der Waals surface area contributed by atoms with Crippen LogP contribution in [0, 0.1) is 5.41 Å². The number of carbonyl (C=O) groups excluding carboxylic acids is 1. The van der Waals surface area contributed by atoms with Crippen LogP contribution in [0.4, 0.5) is 10.5 Å². The van der Waals surface area contributed by atoms with Gasteiger partial charge in [0.1, 0.15) is 0 Å². The van der Waals surface area contributed by atoms with E-state index in [0.29, 0.717) is 29.9 Å². The quantitative estimate of drug-likeness (QED) is 0.797. The number of methoxy groups -OCH3 is 2. The first-order chi connectivity index (χ1) is 15.6. The van der Waals surface area contributed by atoms with Gasteiger partial charge in [0.2, 0.25) is 0 Å². The number of benzene rings is 2. The zero-order valence-electron chi connectivity index (χ0n) is 18.7. The Hall–Kier alpha value is -3.26. The van der Waals surface area contributed by atoms with Crippen LogP contribution in [-0.2, 0) is 11.2 Å². The van der Waals surface area contributed by atoms with Crippen LogP contribution in [0.2, 0.25) is 0 Å². The molecule has 2 amide bonds. The maximum atomic E-state index is 12.4. The molecule has 2 aromatic carbocycles. The third kappa shape index (κ3) is 3.44. The molecule has 0 atom stereocenters. The van der Waals surface area contributed by atoms with E-state index >= 15 is 0 Å². The van der Waals surface area contributed by atoms with Crippen LogP contribution in [0.15, 0.2) is 41.5 Å². The molecule has 8 heteroatoms. The Balaban J connectivity index is 1.50. The molecule has 168 valence electrons. The highest BCUT2D eigenvalue weighted by atomic mass is 16.5. The maximum absolute atomic E-state index is 12.4. The van der Waals surface area contributed by atoms with Gasteiger partial charge in [-0.2, -0.15) is 5.10 Å². The molecule has 1 spiro atoms. The molecule has 2 aromatic rings.